The molecule has 0 aliphatic heterocycles. The van der Waals surface area contributed by atoms with Crippen molar-refractivity contribution in [2.24, 2.45) is 0 Å². The first-order chi connectivity index (χ1) is 10.1. The van der Waals surface area contributed by atoms with Crippen LogP contribution in [-0.4, -0.2) is 22.2 Å². The molecule has 0 spiro atoms. The molecule has 1 aromatic heterocycles. The molecule has 0 bridgehead atoms. The van der Waals surface area contributed by atoms with Crippen molar-refractivity contribution in [3.05, 3.63) is 58.6 Å². The van der Waals surface area contributed by atoms with Gasteiger partial charge in [0.05, 0.1) is 0 Å². The Hall–Kier alpha value is -1.95. The van der Waals surface area contributed by atoms with Gasteiger partial charge in [0.2, 0.25) is 5.91 Å². The number of halogens is 2. The molecule has 0 unspecified atom stereocenters. The van der Waals surface area contributed by atoms with Crippen molar-refractivity contribution in [3.63, 3.8) is 0 Å². The van der Waals surface area contributed by atoms with E-state index in [0.29, 0.717) is 12.1 Å². The average molecular weight is 352 g/mol. The number of aromatic nitrogens is 2. The number of nitrogens with zero attached hydrogens (tertiary/aromatic N) is 2. The highest BCUT2D eigenvalue weighted by Gasteiger charge is 2.00. The van der Waals surface area contributed by atoms with E-state index in [2.05, 4.69) is 26.3 Å². The van der Waals surface area contributed by atoms with Gasteiger partial charge in [0, 0.05) is 41.6 Å². The Balaban J connectivity index is 1.76. The highest BCUT2D eigenvalue weighted by atomic mass is 79.9. The van der Waals surface area contributed by atoms with Gasteiger partial charge in [-0.15, -0.1) is 0 Å². The van der Waals surface area contributed by atoms with Crippen molar-refractivity contribution in [2.45, 2.75) is 13.0 Å². The van der Waals surface area contributed by atoms with E-state index in [4.69, 9.17) is 0 Å². The van der Waals surface area contributed by atoms with Crippen LogP contribution < -0.4 is 5.32 Å². The fourth-order valence-electron chi connectivity index (χ4n) is 1.75. The Morgan fingerprint density at radius 2 is 2.33 bits per heavy atom. The summed E-state index contributed by atoms with van der Waals surface area (Å²) in [5.74, 6) is -0.601. The summed E-state index contributed by atoms with van der Waals surface area (Å²) in [5, 5.41) is 6.82. The molecule has 0 radical (unpaired) electrons. The fraction of sp³-hybridized carbons (Fsp3) is 0.200. The number of nitrogens with one attached hydrogen (secondary N) is 1. The van der Waals surface area contributed by atoms with Gasteiger partial charge in [0.1, 0.15) is 5.82 Å². The van der Waals surface area contributed by atoms with Gasteiger partial charge >= 0.3 is 0 Å². The van der Waals surface area contributed by atoms with Crippen LogP contribution >= 0.6 is 15.9 Å². The summed E-state index contributed by atoms with van der Waals surface area (Å²) < 4.78 is 16.0. The first-order valence-corrected chi connectivity index (χ1v) is 7.33. The number of aryl methyl sites for hydroxylation is 1. The second kappa shape index (κ2) is 7.73. The van der Waals surface area contributed by atoms with Gasteiger partial charge in [-0.05, 0) is 36.8 Å². The van der Waals surface area contributed by atoms with Gasteiger partial charge in [0.25, 0.3) is 0 Å². The molecule has 21 heavy (non-hydrogen) atoms. The van der Waals surface area contributed by atoms with Crippen molar-refractivity contribution in [1.82, 2.24) is 15.1 Å². The lowest BCUT2D eigenvalue weighted by molar-refractivity contribution is -0.116. The lowest BCUT2D eigenvalue weighted by atomic mass is 10.2. The van der Waals surface area contributed by atoms with Crippen LogP contribution in [0, 0.1) is 5.82 Å². The van der Waals surface area contributed by atoms with Gasteiger partial charge in [-0.25, -0.2) is 4.39 Å². The molecule has 1 heterocycles. The molecule has 0 aliphatic rings. The van der Waals surface area contributed by atoms with E-state index in [-0.39, 0.29) is 11.7 Å². The zero-order chi connectivity index (χ0) is 15.1. The first-order valence-electron chi connectivity index (χ1n) is 6.53. The lowest BCUT2D eigenvalue weighted by Crippen LogP contribution is -2.23. The number of hydrogen-bond acceptors (Lipinski definition) is 2. The van der Waals surface area contributed by atoms with Crippen LogP contribution in [0.15, 0.2) is 47.2 Å². The monoisotopic (exact) mass is 351 g/mol. The van der Waals surface area contributed by atoms with Crippen LogP contribution in [-0.2, 0) is 11.3 Å². The maximum Gasteiger partial charge on any atom is 0.244 e. The zero-order valence-electron chi connectivity index (χ0n) is 11.3. The van der Waals surface area contributed by atoms with E-state index >= 15 is 0 Å². The molecule has 4 nitrogen and oxygen atoms in total. The number of rotatable bonds is 6. The van der Waals surface area contributed by atoms with Crippen LogP contribution in [0.2, 0.25) is 0 Å². The number of benzene rings is 1. The minimum Gasteiger partial charge on any atom is -0.352 e. The van der Waals surface area contributed by atoms with E-state index in [1.54, 1.807) is 23.0 Å². The summed E-state index contributed by atoms with van der Waals surface area (Å²) >= 11 is 3.26. The maximum absolute atomic E-state index is 13.5. The molecule has 1 amide bonds. The van der Waals surface area contributed by atoms with E-state index in [1.165, 1.54) is 18.2 Å². The Morgan fingerprint density at radius 1 is 1.48 bits per heavy atom. The molecule has 0 fully saturated rings. The SMILES string of the molecule is O=C(C=Cc1cc(Br)ccc1F)NCCCn1cccn1. The average Bonchev–Trinajstić information content (AvgIpc) is 2.98. The molecule has 1 aromatic carbocycles. The van der Waals surface area contributed by atoms with E-state index in [9.17, 15) is 9.18 Å². The van der Waals surface area contributed by atoms with E-state index in [0.717, 1.165) is 17.4 Å². The normalized spacial score (nSPS) is 11.0. The molecular formula is C15H15BrFN3O. The third kappa shape index (κ3) is 5.15. The minimum absolute atomic E-state index is 0.241. The van der Waals surface area contributed by atoms with Crippen molar-refractivity contribution in [1.29, 1.82) is 0 Å². The first kappa shape index (κ1) is 15.4. The van der Waals surface area contributed by atoms with Crippen molar-refractivity contribution >= 4 is 27.9 Å². The molecular weight excluding hydrogens is 337 g/mol. The second-order valence-corrected chi connectivity index (χ2v) is 5.33. The number of carbonyl (C=O) groups is 1. The van der Waals surface area contributed by atoms with Gasteiger partial charge in [-0.2, -0.15) is 5.10 Å². The Kier molecular flexibility index (Phi) is 5.68. The van der Waals surface area contributed by atoms with Crippen LogP contribution in [0.3, 0.4) is 0 Å². The number of hydrogen-bond donors (Lipinski definition) is 1. The quantitative estimate of drug-likeness (QED) is 0.642. The maximum atomic E-state index is 13.5. The second-order valence-electron chi connectivity index (χ2n) is 4.41. The van der Waals surface area contributed by atoms with Crippen molar-refractivity contribution in [3.8, 4) is 0 Å². The fourth-order valence-corrected chi connectivity index (χ4v) is 2.13. The molecule has 2 aromatic rings. The third-order valence-electron chi connectivity index (χ3n) is 2.79. The molecule has 2 rings (SSSR count). The van der Waals surface area contributed by atoms with E-state index in [1.807, 2.05) is 12.3 Å². The smallest absolute Gasteiger partial charge is 0.244 e. The zero-order valence-corrected chi connectivity index (χ0v) is 12.9. The summed E-state index contributed by atoms with van der Waals surface area (Å²) in [6, 6.07) is 6.44. The molecule has 0 atom stereocenters. The number of amides is 1. The van der Waals surface area contributed by atoms with Crippen LogP contribution in [0.1, 0.15) is 12.0 Å². The highest BCUT2D eigenvalue weighted by molar-refractivity contribution is 9.10. The highest BCUT2D eigenvalue weighted by Crippen LogP contribution is 2.16. The van der Waals surface area contributed by atoms with Gasteiger partial charge in [0.15, 0.2) is 0 Å². The predicted molar refractivity (Wildman–Crippen MR) is 83.0 cm³/mol. The van der Waals surface area contributed by atoms with Gasteiger partial charge < -0.3 is 5.32 Å². The summed E-state index contributed by atoms with van der Waals surface area (Å²) in [6.45, 7) is 1.29. The Morgan fingerprint density at radius 3 is 3.10 bits per heavy atom. The van der Waals surface area contributed by atoms with Crippen molar-refractivity contribution < 1.29 is 9.18 Å². The molecule has 1 N–H and O–H groups in total. The van der Waals surface area contributed by atoms with Gasteiger partial charge in [-0.1, -0.05) is 15.9 Å². The summed E-state index contributed by atoms with van der Waals surface area (Å²) in [5.41, 5.74) is 0.371. The summed E-state index contributed by atoms with van der Waals surface area (Å²) in [7, 11) is 0. The molecule has 110 valence electrons. The minimum atomic E-state index is -0.360. The Labute approximate surface area is 130 Å². The van der Waals surface area contributed by atoms with Gasteiger partial charge in [-0.3, -0.25) is 9.48 Å². The Bertz CT molecular complexity index is 626. The number of carbonyl (C=O) groups excluding carboxylic acids is 1. The molecule has 0 saturated heterocycles. The lowest BCUT2D eigenvalue weighted by Gasteiger charge is -2.03. The standard InChI is InChI=1S/C15H15BrFN3O/c16-13-4-5-14(17)12(11-13)3-6-15(21)18-7-1-9-20-10-2-8-19-20/h2-6,8,10-11H,1,7,9H2,(H,18,21). The summed E-state index contributed by atoms with van der Waals surface area (Å²) in [4.78, 5) is 11.6. The van der Waals surface area contributed by atoms with Crippen LogP contribution in [0.4, 0.5) is 4.39 Å². The largest absolute Gasteiger partial charge is 0.352 e. The van der Waals surface area contributed by atoms with E-state index < -0.39 is 0 Å². The summed E-state index contributed by atoms with van der Waals surface area (Å²) in [6.07, 6.45) is 7.17. The van der Waals surface area contributed by atoms with Crippen LogP contribution in [0.25, 0.3) is 6.08 Å². The van der Waals surface area contributed by atoms with Crippen LogP contribution in [0.5, 0.6) is 0 Å². The predicted octanol–water partition coefficient (Wildman–Crippen LogP) is 3.00. The molecule has 0 saturated carbocycles. The molecule has 6 heteroatoms. The topological polar surface area (TPSA) is 46.9 Å². The van der Waals surface area contributed by atoms with Crippen molar-refractivity contribution in [2.75, 3.05) is 6.54 Å². The molecule has 0 aliphatic carbocycles. The third-order valence-corrected chi connectivity index (χ3v) is 3.29.